The summed E-state index contributed by atoms with van der Waals surface area (Å²) >= 11 is 3.30. The Hall–Kier alpha value is -1.35. The average molecular weight is 278 g/mol. The molecule has 2 rings (SSSR count). The third kappa shape index (κ3) is 3.07. The van der Waals surface area contributed by atoms with Crippen molar-refractivity contribution in [3.05, 3.63) is 58.3 Å². The molecule has 1 aromatic heterocycles. The fraction of sp³-hybridized carbons (Fsp3) is 0.154. The fourth-order valence-electron chi connectivity index (χ4n) is 1.36. The Morgan fingerprint density at radius 2 is 2.12 bits per heavy atom. The monoisotopic (exact) mass is 277 g/mol. The molecule has 0 radical (unpaired) electrons. The Balaban J connectivity index is 1.99. The molecule has 2 aromatic rings. The van der Waals surface area contributed by atoms with E-state index in [0.29, 0.717) is 6.61 Å². The van der Waals surface area contributed by atoms with E-state index < -0.39 is 0 Å². The predicted octanol–water partition coefficient (Wildman–Crippen LogP) is 3.73. The quantitative estimate of drug-likeness (QED) is 0.798. The van der Waals surface area contributed by atoms with Crippen molar-refractivity contribution in [2.45, 2.75) is 13.5 Å². The highest BCUT2D eigenvalue weighted by molar-refractivity contribution is 9.10. The van der Waals surface area contributed by atoms with Gasteiger partial charge in [-0.05, 0) is 46.6 Å². The number of hydrogen-bond donors (Lipinski definition) is 0. The van der Waals surface area contributed by atoms with Crippen molar-refractivity contribution in [3.8, 4) is 5.75 Å². The molecule has 0 atom stereocenters. The normalized spacial score (nSPS) is 10.1. The molecular weight excluding hydrogens is 266 g/mol. The van der Waals surface area contributed by atoms with Gasteiger partial charge in [-0.1, -0.05) is 18.2 Å². The number of aryl methyl sites for hydroxylation is 1. The second-order valence-electron chi connectivity index (χ2n) is 3.59. The van der Waals surface area contributed by atoms with E-state index >= 15 is 0 Å². The van der Waals surface area contributed by atoms with Gasteiger partial charge in [0, 0.05) is 11.8 Å². The van der Waals surface area contributed by atoms with Crippen LogP contribution in [0.5, 0.6) is 5.75 Å². The first-order chi connectivity index (χ1) is 7.74. The van der Waals surface area contributed by atoms with Gasteiger partial charge >= 0.3 is 0 Å². The molecule has 0 saturated heterocycles. The summed E-state index contributed by atoms with van der Waals surface area (Å²) in [4.78, 5) is 4.15. The lowest BCUT2D eigenvalue weighted by Gasteiger charge is -2.06. The van der Waals surface area contributed by atoms with E-state index in [0.717, 1.165) is 15.9 Å². The van der Waals surface area contributed by atoms with Gasteiger partial charge in [0.1, 0.15) is 17.0 Å². The van der Waals surface area contributed by atoms with Crippen LogP contribution in [0, 0.1) is 6.92 Å². The third-order valence-electron chi connectivity index (χ3n) is 2.18. The van der Waals surface area contributed by atoms with Crippen LogP contribution in [-0.2, 0) is 6.61 Å². The molecule has 16 heavy (non-hydrogen) atoms. The Morgan fingerprint density at radius 1 is 1.25 bits per heavy atom. The maximum atomic E-state index is 5.66. The van der Waals surface area contributed by atoms with Crippen molar-refractivity contribution in [1.29, 1.82) is 0 Å². The van der Waals surface area contributed by atoms with E-state index in [1.165, 1.54) is 5.56 Å². The van der Waals surface area contributed by atoms with Crippen LogP contribution in [0.3, 0.4) is 0 Å². The highest BCUT2D eigenvalue weighted by Crippen LogP contribution is 2.14. The summed E-state index contributed by atoms with van der Waals surface area (Å²) in [6.07, 6.45) is 1.81. The standard InChI is InChI=1S/C13H12BrNO/c1-10-3-2-4-12(7-10)16-9-11-5-6-13(14)15-8-11/h2-8H,9H2,1H3. The molecule has 2 nitrogen and oxygen atoms in total. The first-order valence-corrected chi connectivity index (χ1v) is 5.83. The van der Waals surface area contributed by atoms with Crippen LogP contribution in [0.4, 0.5) is 0 Å². The van der Waals surface area contributed by atoms with E-state index in [2.05, 4.69) is 20.9 Å². The number of rotatable bonds is 3. The Bertz CT molecular complexity index is 468. The van der Waals surface area contributed by atoms with Gasteiger partial charge in [0.2, 0.25) is 0 Å². The summed E-state index contributed by atoms with van der Waals surface area (Å²) in [5.74, 6) is 0.892. The van der Waals surface area contributed by atoms with E-state index in [1.54, 1.807) is 6.20 Å². The molecule has 1 aromatic carbocycles. The van der Waals surface area contributed by atoms with Gasteiger partial charge in [0.05, 0.1) is 0 Å². The Morgan fingerprint density at radius 3 is 2.81 bits per heavy atom. The van der Waals surface area contributed by atoms with Crippen molar-refractivity contribution < 1.29 is 4.74 Å². The second kappa shape index (κ2) is 5.12. The summed E-state index contributed by atoms with van der Waals surface area (Å²) in [6.45, 7) is 2.60. The molecule has 3 heteroatoms. The van der Waals surface area contributed by atoms with Gasteiger partial charge in [-0.3, -0.25) is 0 Å². The molecule has 0 N–H and O–H groups in total. The average Bonchev–Trinajstić information content (AvgIpc) is 2.28. The van der Waals surface area contributed by atoms with Crippen LogP contribution in [0.2, 0.25) is 0 Å². The highest BCUT2D eigenvalue weighted by Gasteiger charge is 1.97. The topological polar surface area (TPSA) is 22.1 Å². The minimum Gasteiger partial charge on any atom is -0.489 e. The summed E-state index contributed by atoms with van der Waals surface area (Å²) < 4.78 is 6.50. The second-order valence-corrected chi connectivity index (χ2v) is 4.41. The lowest BCUT2D eigenvalue weighted by Crippen LogP contribution is -1.96. The zero-order chi connectivity index (χ0) is 11.4. The number of ether oxygens (including phenoxy) is 1. The van der Waals surface area contributed by atoms with Gasteiger partial charge in [-0.15, -0.1) is 0 Å². The van der Waals surface area contributed by atoms with Crippen LogP contribution < -0.4 is 4.74 Å². The third-order valence-corrected chi connectivity index (χ3v) is 2.65. The minimum atomic E-state index is 0.545. The van der Waals surface area contributed by atoms with Crippen LogP contribution >= 0.6 is 15.9 Å². The zero-order valence-corrected chi connectivity index (χ0v) is 10.6. The van der Waals surface area contributed by atoms with Crippen molar-refractivity contribution in [3.63, 3.8) is 0 Å². The summed E-state index contributed by atoms with van der Waals surface area (Å²) in [7, 11) is 0. The SMILES string of the molecule is Cc1cccc(OCc2ccc(Br)nc2)c1. The highest BCUT2D eigenvalue weighted by atomic mass is 79.9. The van der Waals surface area contributed by atoms with E-state index in [9.17, 15) is 0 Å². The van der Waals surface area contributed by atoms with Crippen molar-refractivity contribution >= 4 is 15.9 Å². The molecule has 0 aliphatic carbocycles. The lowest BCUT2D eigenvalue weighted by atomic mass is 10.2. The molecule has 0 amide bonds. The zero-order valence-electron chi connectivity index (χ0n) is 8.98. The molecule has 0 aliphatic heterocycles. The fourth-order valence-corrected chi connectivity index (χ4v) is 1.60. The van der Waals surface area contributed by atoms with Gasteiger partial charge in [0.15, 0.2) is 0 Å². The smallest absolute Gasteiger partial charge is 0.120 e. The Labute approximate surface area is 103 Å². The van der Waals surface area contributed by atoms with Crippen LogP contribution in [-0.4, -0.2) is 4.98 Å². The van der Waals surface area contributed by atoms with E-state index in [1.807, 2.05) is 43.3 Å². The molecule has 0 spiro atoms. The van der Waals surface area contributed by atoms with Gasteiger partial charge in [-0.2, -0.15) is 0 Å². The molecular formula is C13H12BrNO. The van der Waals surface area contributed by atoms with Gasteiger partial charge in [-0.25, -0.2) is 4.98 Å². The summed E-state index contributed by atoms with van der Waals surface area (Å²) in [5, 5.41) is 0. The van der Waals surface area contributed by atoms with Crippen LogP contribution in [0.15, 0.2) is 47.2 Å². The number of hydrogen-bond acceptors (Lipinski definition) is 2. The predicted molar refractivity (Wildman–Crippen MR) is 67.4 cm³/mol. The minimum absolute atomic E-state index is 0.545. The lowest BCUT2D eigenvalue weighted by molar-refractivity contribution is 0.305. The van der Waals surface area contributed by atoms with Crippen molar-refractivity contribution in [2.24, 2.45) is 0 Å². The molecule has 0 aliphatic rings. The summed E-state index contributed by atoms with van der Waals surface area (Å²) in [5.41, 5.74) is 2.26. The number of nitrogens with zero attached hydrogens (tertiary/aromatic N) is 1. The van der Waals surface area contributed by atoms with E-state index in [-0.39, 0.29) is 0 Å². The maximum absolute atomic E-state index is 5.66. The molecule has 0 unspecified atom stereocenters. The van der Waals surface area contributed by atoms with Crippen LogP contribution in [0.1, 0.15) is 11.1 Å². The first-order valence-electron chi connectivity index (χ1n) is 5.04. The molecule has 1 heterocycles. The van der Waals surface area contributed by atoms with Gasteiger partial charge < -0.3 is 4.74 Å². The maximum Gasteiger partial charge on any atom is 0.120 e. The summed E-state index contributed by atoms with van der Waals surface area (Å²) in [6, 6.07) is 11.9. The van der Waals surface area contributed by atoms with Crippen molar-refractivity contribution in [2.75, 3.05) is 0 Å². The molecule has 0 bridgehead atoms. The number of aromatic nitrogens is 1. The number of halogens is 1. The molecule has 0 fully saturated rings. The molecule has 0 saturated carbocycles. The van der Waals surface area contributed by atoms with Crippen molar-refractivity contribution in [1.82, 2.24) is 4.98 Å². The first kappa shape index (κ1) is 11.1. The number of benzene rings is 1. The molecule has 82 valence electrons. The Kier molecular flexibility index (Phi) is 3.57. The van der Waals surface area contributed by atoms with E-state index in [4.69, 9.17) is 4.74 Å². The largest absolute Gasteiger partial charge is 0.489 e. The van der Waals surface area contributed by atoms with Gasteiger partial charge in [0.25, 0.3) is 0 Å². The number of pyridine rings is 1. The van der Waals surface area contributed by atoms with Crippen LogP contribution in [0.25, 0.3) is 0 Å².